The Labute approximate surface area is 568 Å². The largest absolute Gasteiger partial charge is 0.309 e. The summed E-state index contributed by atoms with van der Waals surface area (Å²) in [5.41, 5.74) is 20.6. The average Bonchev–Trinajstić information content (AvgIpc) is 1.62. The number of hydrogen-bond acceptors (Lipinski definition) is 8. The first kappa shape index (κ1) is 56.9. The van der Waals surface area contributed by atoms with Crippen LogP contribution in [0.2, 0.25) is 0 Å². The van der Waals surface area contributed by atoms with E-state index < -0.39 is 0 Å². The van der Waals surface area contributed by atoms with Gasteiger partial charge in [0.2, 0.25) is 5.95 Å². The highest BCUT2D eigenvalue weighted by Crippen LogP contribution is 2.41. The first-order chi connectivity index (χ1) is 49.0. The van der Waals surface area contributed by atoms with Gasteiger partial charge in [0.05, 0.1) is 38.7 Å². The highest BCUT2D eigenvalue weighted by atomic mass is 15.2. The molecular formula is C88H55N11. The van der Waals surface area contributed by atoms with Gasteiger partial charge in [-0.15, -0.1) is 0 Å². The Kier molecular flexibility index (Phi) is 13.6. The fraction of sp³-hybridized carbons (Fsp3) is 0. The fourth-order valence-electron chi connectivity index (χ4n) is 14.1. The Balaban J connectivity index is 0.623. The maximum absolute atomic E-state index is 5.22. The molecule has 0 amide bonds. The van der Waals surface area contributed by atoms with E-state index in [9.17, 15) is 0 Å². The van der Waals surface area contributed by atoms with Crippen molar-refractivity contribution in [2.45, 2.75) is 0 Å². The Bertz CT molecular complexity index is 6250. The third-order valence-electron chi connectivity index (χ3n) is 18.9. The predicted octanol–water partition coefficient (Wildman–Crippen LogP) is 21.1. The highest BCUT2D eigenvalue weighted by molar-refractivity contribution is 6.13. The van der Waals surface area contributed by atoms with Gasteiger partial charge in [-0.2, -0.15) is 0 Å². The summed E-state index contributed by atoms with van der Waals surface area (Å²) >= 11 is 0. The van der Waals surface area contributed by atoms with E-state index in [4.69, 9.17) is 39.9 Å². The third kappa shape index (κ3) is 10.1. The predicted molar refractivity (Wildman–Crippen MR) is 401 cm³/mol. The van der Waals surface area contributed by atoms with E-state index in [0.29, 0.717) is 46.5 Å². The van der Waals surface area contributed by atoms with Crippen LogP contribution in [0.15, 0.2) is 334 Å². The lowest BCUT2D eigenvalue weighted by Crippen LogP contribution is -2.03. The summed E-state index contributed by atoms with van der Waals surface area (Å²) in [4.78, 5) is 40.2. The molecule has 19 aromatic rings. The molecule has 19 rings (SSSR count). The second kappa shape index (κ2) is 23.7. The molecule has 0 N–H and O–H groups in total. The van der Waals surface area contributed by atoms with Crippen molar-refractivity contribution in [1.29, 1.82) is 0 Å². The van der Waals surface area contributed by atoms with Gasteiger partial charge in [0.15, 0.2) is 34.9 Å². The molecule has 0 aliphatic heterocycles. The Morgan fingerprint density at radius 3 is 0.879 bits per heavy atom. The van der Waals surface area contributed by atoms with E-state index in [-0.39, 0.29) is 0 Å². The molecule has 462 valence electrons. The van der Waals surface area contributed by atoms with Crippen LogP contribution >= 0.6 is 0 Å². The van der Waals surface area contributed by atoms with Crippen molar-refractivity contribution in [3.63, 3.8) is 0 Å². The van der Waals surface area contributed by atoms with Gasteiger partial charge in [0, 0.05) is 83.9 Å². The van der Waals surface area contributed by atoms with Crippen LogP contribution in [0.5, 0.6) is 0 Å². The van der Waals surface area contributed by atoms with E-state index in [0.717, 1.165) is 105 Å². The Morgan fingerprint density at radius 2 is 0.444 bits per heavy atom. The first-order valence-corrected chi connectivity index (χ1v) is 33.0. The quantitative estimate of drug-likeness (QED) is 0.119. The summed E-state index contributed by atoms with van der Waals surface area (Å²) in [5.74, 6) is 4.02. The molecule has 0 saturated heterocycles. The minimum Gasteiger partial charge on any atom is -0.309 e. The molecule has 0 radical (unpaired) electrons. The van der Waals surface area contributed by atoms with Gasteiger partial charge in [-0.3, -0.25) is 4.57 Å². The second-order valence-electron chi connectivity index (χ2n) is 24.8. The van der Waals surface area contributed by atoms with Crippen LogP contribution in [-0.4, -0.2) is 53.6 Å². The molecule has 6 aromatic heterocycles. The van der Waals surface area contributed by atoms with Gasteiger partial charge in [-0.05, 0) is 130 Å². The molecule has 0 spiro atoms. The summed E-state index contributed by atoms with van der Waals surface area (Å²) in [6, 6.07) is 113. The summed E-state index contributed by atoms with van der Waals surface area (Å²) < 4.78 is 6.85. The molecular weight excluding hydrogens is 1210 g/mol. The zero-order valence-electron chi connectivity index (χ0n) is 53.2. The van der Waals surface area contributed by atoms with Crippen molar-refractivity contribution >= 4 is 65.4 Å². The van der Waals surface area contributed by atoms with Crippen LogP contribution in [0.25, 0.3) is 184 Å². The van der Waals surface area contributed by atoms with Crippen LogP contribution in [0.1, 0.15) is 0 Å². The average molecular weight is 1270 g/mol. The van der Waals surface area contributed by atoms with E-state index in [1.165, 1.54) is 32.7 Å². The van der Waals surface area contributed by atoms with Gasteiger partial charge >= 0.3 is 0 Å². The molecule has 11 nitrogen and oxygen atoms in total. The lowest BCUT2D eigenvalue weighted by atomic mass is 10.0. The molecule has 0 aliphatic rings. The van der Waals surface area contributed by atoms with Gasteiger partial charge in [0.1, 0.15) is 0 Å². The number of para-hydroxylation sites is 3. The normalized spacial score (nSPS) is 11.6. The minimum absolute atomic E-state index is 0.498. The Morgan fingerprint density at radius 1 is 0.172 bits per heavy atom. The van der Waals surface area contributed by atoms with E-state index in [1.807, 2.05) is 91.0 Å². The molecule has 6 heterocycles. The molecule has 0 unspecified atom stereocenters. The summed E-state index contributed by atoms with van der Waals surface area (Å²) in [6.07, 6.45) is 3.61. The van der Waals surface area contributed by atoms with Crippen molar-refractivity contribution < 1.29 is 0 Å². The third-order valence-corrected chi connectivity index (χ3v) is 18.9. The standard InChI is InChI=1S/C88H55N11/c1-5-20-56(21-6-1)63-40-47-79-73(51-63)70-30-13-16-33-76(70)98(79)69-45-38-61(39-46-69)85-92-82(58-22-7-2-8-23-58)93-86(94-85)66-29-19-28-62(50-66)57-36-43-68(44-37-57)97-77-34-17-14-31-71(77)74-52-64(41-48-80(74)97)65-42-49-81-75(53-65)72-32-15-18-35-78(72)99(81)88-89-54-67(55-90-88)87-95-83(59-24-9-3-10-25-59)91-84(96-87)60-26-11-4-12-27-60/h1-55H. The van der Waals surface area contributed by atoms with E-state index in [2.05, 4.69) is 244 Å². The molecule has 13 aromatic carbocycles. The number of hydrogen-bond donors (Lipinski definition) is 0. The number of rotatable bonds is 12. The van der Waals surface area contributed by atoms with Crippen LogP contribution in [0, 0.1) is 0 Å². The minimum atomic E-state index is 0.498. The van der Waals surface area contributed by atoms with Gasteiger partial charge in [-0.25, -0.2) is 39.9 Å². The smallest absolute Gasteiger partial charge is 0.234 e. The van der Waals surface area contributed by atoms with Crippen LogP contribution < -0.4 is 0 Å². The summed E-state index contributed by atoms with van der Waals surface area (Å²) in [6.45, 7) is 0. The summed E-state index contributed by atoms with van der Waals surface area (Å²) in [7, 11) is 0. The molecule has 99 heavy (non-hydrogen) atoms. The zero-order valence-corrected chi connectivity index (χ0v) is 53.2. The van der Waals surface area contributed by atoms with Crippen LogP contribution in [0.3, 0.4) is 0 Å². The van der Waals surface area contributed by atoms with Crippen molar-refractivity contribution in [1.82, 2.24) is 53.6 Å². The molecule has 0 aliphatic carbocycles. The monoisotopic (exact) mass is 1270 g/mol. The van der Waals surface area contributed by atoms with E-state index >= 15 is 0 Å². The topological polar surface area (TPSA) is 118 Å². The van der Waals surface area contributed by atoms with Crippen molar-refractivity contribution in [3.05, 3.63) is 334 Å². The van der Waals surface area contributed by atoms with Gasteiger partial charge < -0.3 is 9.13 Å². The fourth-order valence-corrected chi connectivity index (χ4v) is 14.1. The number of aromatic nitrogens is 11. The number of benzene rings is 13. The maximum atomic E-state index is 5.22. The second-order valence-corrected chi connectivity index (χ2v) is 24.8. The Hall–Kier alpha value is -13.6. The van der Waals surface area contributed by atoms with Crippen molar-refractivity contribution in [2.75, 3.05) is 0 Å². The van der Waals surface area contributed by atoms with Gasteiger partial charge in [0.25, 0.3) is 0 Å². The van der Waals surface area contributed by atoms with Crippen LogP contribution in [-0.2, 0) is 0 Å². The molecule has 0 fully saturated rings. The SMILES string of the molecule is c1ccc(-c2ccc3c(c2)c2ccccc2n3-c2ccc(-c3nc(-c4ccccc4)nc(-c4cccc(-c5ccc(-n6c7ccccc7c7cc(-c8ccc9c(c8)c8ccccc8n9-c8ncc(-c9nc(-c%10ccccc%10)nc(-c%10ccccc%10)n9)cn8)ccc76)cc5)c4)n3)cc2)cc1. The maximum Gasteiger partial charge on any atom is 0.234 e. The molecule has 0 saturated carbocycles. The molecule has 0 atom stereocenters. The lowest BCUT2D eigenvalue weighted by molar-refractivity contribution is 0.982. The molecule has 11 heteroatoms. The van der Waals surface area contributed by atoms with Crippen molar-refractivity contribution in [3.8, 4) is 119 Å². The van der Waals surface area contributed by atoms with Crippen molar-refractivity contribution in [2.24, 2.45) is 0 Å². The molecule has 0 bridgehead atoms. The number of nitrogens with zero attached hydrogens (tertiary/aromatic N) is 11. The number of fused-ring (bicyclic) bond motifs is 9. The van der Waals surface area contributed by atoms with Gasteiger partial charge in [-0.1, -0.05) is 224 Å². The lowest BCUT2D eigenvalue weighted by Gasteiger charge is -2.12. The highest BCUT2D eigenvalue weighted by Gasteiger charge is 2.21. The van der Waals surface area contributed by atoms with E-state index in [1.54, 1.807) is 12.4 Å². The first-order valence-electron chi connectivity index (χ1n) is 33.0. The summed E-state index contributed by atoms with van der Waals surface area (Å²) in [5, 5.41) is 6.98. The zero-order chi connectivity index (χ0) is 65.3. The van der Waals surface area contributed by atoms with Crippen LogP contribution in [0.4, 0.5) is 0 Å².